The summed E-state index contributed by atoms with van der Waals surface area (Å²) in [5, 5.41) is 2.77. The molecular formula is C18H23N3O5S. The molecule has 0 heterocycles. The van der Waals surface area contributed by atoms with Crippen LogP contribution in [0.25, 0.3) is 0 Å². The molecule has 9 heteroatoms. The maximum Gasteiger partial charge on any atom is 0.303 e. The lowest BCUT2D eigenvalue weighted by atomic mass is 10.2. The van der Waals surface area contributed by atoms with E-state index in [0.717, 1.165) is 8.61 Å². The molecule has 0 aliphatic carbocycles. The second-order valence-electron chi connectivity index (χ2n) is 5.82. The lowest BCUT2D eigenvalue weighted by Crippen LogP contribution is -2.37. The van der Waals surface area contributed by atoms with E-state index >= 15 is 0 Å². The highest BCUT2D eigenvalue weighted by atomic mass is 32.2. The number of nitrogens with one attached hydrogen (secondary N) is 1. The van der Waals surface area contributed by atoms with E-state index in [4.69, 9.17) is 9.47 Å². The highest BCUT2D eigenvalue weighted by molar-refractivity contribution is 7.90. The van der Waals surface area contributed by atoms with Crippen LogP contribution in [0.2, 0.25) is 0 Å². The number of carbonyl (C=O) groups is 1. The van der Waals surface area contributed by atoms with Crippen molar-refractivity contribution in [3.8, 4) is 11.5 Å². The molecule has 0 fully saturated rings. The minimum absolute atomic E-state index is 0.344. The Morgan fingerprint density at radius 3 is 2.11 bits per heavy atom. The standard InChI is InChI=1S/C18H23N3O5S/c1-20(2)27(23,24)21(3)14-8-6-13(7-9-14)18(22)19-16-11-10-15(25-4)12-17(16)26-5/h6-12H,1-5H3,(H,19,22). The van der Waals surface area contributed by atoms with Crippen LogP contribution in [0.1, 0.15) is 10.4 Å². The van der Waals surface area contributed by atoms with Gasteiger partial charge in [-0.05, 0) is 36.4 Å². The van der Waals surface area contributed by atoms with Crippen LogP contribution >= 0.6 is 0 Å². The first-order valence-electron chi connectivity index (χ1n) is 8.00. The fourth-order valence-corrected chi connectivity index (χ4v) is 3.18. The summed E-state index contributed by atoms with van der Waals surface area (Å²) in [5.74, 6) is 0.735. The summed E-state index contributed by atoms with van der Waals surface area (Å²) in [4.78, 5) is 12.5. The molecule has 0 saturated heterocycles. The van der Waals surface area contributed by atoms with Gasteiger partial charge < -0.3 is 14.8 Å². The summed E-state index contributed by atoms with van der Waals surface area (Å²) in [6, 6.07) is 11.3. The minimum Gasteiger partial charge on any atom is -0.497 e. The van der Waals surface area contributed by atoms with Gasteiger partial charge in [0.2, 0.25) is 0 Å². The van der Waals surface area contributed by atoms with E-state index in [1.807, 2.05) is 0 Å². The number of anilines is 2. The highest BCUT2D eigenvalue weighted by Gasteiger charge is 2.21. The molecule has 8 nitrogen and oxygen atoms in total. The maximum atomic E-state index is 12.5. The van der Waals surface area contributed by atoms with Gasteiger partial charge >= 0.3 is 10.2 Å². The normalized spacial score (nSPS) is 11.2. The van der Waals surface area contributed by atoms with Gasteiger partial charge in [0.15, 0.2) is 0 Å². The van der Waals surface area contributed by atoms with Gasteiger partial charge in [-0.15, -0.1) is 0 Å². The molecule has 1 N–H and O–H groups in total. The summed E-state index contributed by atoms with van der Waals surface area (Å²) in [7, 11) is 3.81. The van der Waals surface area contributed by atoms with Crippen molar-refractivity contribution in [2.75, 3.05) is 45.0 Å². The van der Waals surface area contributed by atoms with Crippen LogP contribution < -0.4 is 19.1 Å². The van der Waals surface area contributed by atoms with E-state index in [2.05, 4.69) is 5.32 Å². The largest absolute Gasteiger partial charge is 0.497 e. The van der Waals surface area contributed by atoms with E-state index in [9.17, 15) is 13.2 Å². The second kappa shape index (κ2) is 8.28. The number of hydrogen-bond donors (Lipinski definition) is 1. The van der Waals surface area contributed by atoms with Crippen LogP contribution in [0.3, 0.4) is 0 Å². The molecule has 1 amide bonds. The van der Waals surface area contributed by atoms with Gasteiger partial charge in [0, 0.05) is 32.8 Å². The van der Waals surface area contributed by atoms with Gasteiger partial charge in [-0.2, -0.15) is 12.7 Å². The Bertz CT molecular complexity index is 911. The van der Waals surface area contributed by atoms with E-state index in [0.29, 0.717) is 28.4 Å². The Kier molecular flexibility index (Phi) is 6.29. The molecule has 0 aliphatic rings. The van der Waals surface area contributed by atoms with Crippen LogP contribution in [0.5, 0.6) is 11.5 Å². The summed E-state index contributed by atoms with van der Waals surface area (Å²) in [6.07, 6.45) is 0. The van der Waals surface area contributed by atoms with Crippen LogP contribution in [-0.2, 0) is 10.2 Å². The Morgan fingerprint density at radius 1 is 0.963 bits per heavy atom. The zero-order chi connectivity index (χ0) is 20.2. The predicted octanol–water partition coefficient (Wildman–Crippen LogP) is 2.20. The predicted molar refractivity (Wildman–Crippen MR) is 105 cm³/mol. The summed E-state index contributed by atoms with van der Waals surface area (Å²) >= 11 is 0. The number of rotatable bonds is 7. The quantitative estimate of drug-likeness (QED) is 0.779. The number of hydrogen-bond acceptors (Lipinski definition) is 5. The molecule has 0 atom stereocenters. The molecule has 146 valence electrons. The van der Waals surface area contributed by atoms with Gasteiger partial charge in [-0.1, -0.05) is 0 Å². The van der Waals surface area contributed by atoms with Crippen molar-refractivity contribution >= 4 is 27.5 Å². The molecule has 2 aromatic carbocycles. The molecule has 27 heavy (non-hydrogen) atoms. The van der Waals surface area contributed by atoms with Crippen molar-refractivity contribution in [3.05, 3.63) is 48.0 Å². The molecule has 0 unspecified atom stereocenters. The third-order valence-corrected chi connectivity index (χ3v) is 5.78. The minimum atomic E-state index is -3.59. The molecule has 0 aliphatic heterocycles. The number of benzene rings is 2. The van der Waals surface area contributed by atoms with E-state index in [-0.39, 0.29) is 5.91 Å². The first-order valence-corrected chi connectivity index (χ1v) is 9.40. The summed E-state index contributed by atoms with van der Waals surface area (Å²) in [6.45, 7) is 0. The van der Waals surface area contributed by atoms with Crippen LogP contribution in [0.15, 0.2) is 42.5 Å². The highest BCUT2D eigenvalue weighted by Crippen LogP contribution is 2.29. The van der Waals surface area contributed by atoms with Gasteiger partial charge in [0.25, 0.3) is 5.91 Å². The van der Waals surface area contributed by atoms with Crippen molar-refractivity contribution in [1.29, 1.82) is 0 Å². The Morgan fingerprint density at radius 2 is 1.59 bits per heavy atom. The number of nitrogens with zero attached hydrogens (tertiary/aromatic N) is 2. The Balaban J connectivity index is 2.19. The molecular weight excluding hydrogens is 370 g/mol. The molecule has 0 radical (unpaired) electrons. The summed E-state index contributed by atoms with van der Waals surface area (Å²) in [5.41, 5.74) is 1.33. The van der Waals surface area contributed by atoms with Crippen LogP contribution in [0.4, 0.5) is 11.4 Å². The molecule has 2 aromatic rings. The second-order valence-corrected chi connectivity index (χ2v) is 8.00. The van der Waals surface area contributed by atoms with Crippen molar-refractivity contribution < 1.29 is 22.7 Å². The number of carbonyl (C=O) groups excluding carboxylic acids is 1. The maximum absolute atomic E-state index is 12.5. The van der Waals surface area contributed by atoms with Crippen molar-refractivity contribution in [1.82, 2.24) is 4.31 Å². The third-order valence-electron chi connectivity index (χ3n) is 3.96. The first kappa shape index (κ1) is 20.5. The summed E-state index contributed by atoms with van der Waals surface area (Å²) < 4.78 is 37.0. The van der Waals surface area contributed by atoms with E-state index < -0.39 is 10.2 Å². The molecule has 0 aromatic heterocycles. The van der Waals surface area contributed by atoms with Gasteiger partial charge in [0.1, 0.15) is 11.5 Å². The fraction of sp³-hybridized carbons (Fsp3) is 0.278. The lowest BCUT2D eigenvalue weighted by molar-refractivity contribution is 0.102. The fourth-order valence-electron chi connectivity index (χ4n) is 2.30. The van der Waals surface area contributed by atoms with Gasteiger partial charge in [-0.3, -0.25) is 9.10 Å². The van der Waals surface area contributed by atoms with Gasteiger partial charge in [-0.25, -0.2) is 0 Å². The first-order chi connectivity index (χ1) is 12.7. The SMILES string of the molecule is COc1ccc(NC(=O)c2ccc(N(C)S(=O)(=O)N(C)C)cc2)c(OC)c1. The zero-order valence-corrected chi connectivity index (χ0v) is 16.7. The smallest absolute Gasteiger partial charge is 0.303 e. The molecule has 0 bridgehead atoms. The van der Waals surface area contributed by atoms with Crippen molar-refractivity contribution in [3.63, 3.8) is 0 Å². The Labute approximate surface area is 159 Å². The zero-order valence-electron chi connectivity index (χ0n) is 15.9. The monoisotopic (exact) mass is 393 g/mol. The van der Waals surface area contributed by atoms with Gasteiger partial charge in [0.05, 0.1) is 25.6 Å². The number of ether oxygens (including phenoxy) is 2. The topological polar surface area (TPSA) is 88.2 Å². The Hall–Kier alpha value is -2.78. The molecule has 2 rings (SSSR count). The average Bonchev–Trinajstić information content (AvgIpc) is 2.67. The molecule has 0 saturated carbocycles. The number of amides is 1. The molecule has 0 spiro atoms. The van der Waals surface area contributed by atoms with Crippen LogP contribution in [0, 0.1) is 0 Å². The van der Waals surface area contributed by atoms with Crippen LogP contribution in [-0.4, -0.2) is 54.0 Å². The van der Waals surface area contributed by atoms with Crippen molar-refractivity contribution in [2.24, 2.45) is 0 Å². The number of methoxy groups -OCH3 is 2. The third kappa shape index (κ3) is 4.50. The van der Waals surface area contributed by atoms with E-state index in [1.165, 1.54) is 28.3 Å². The van der Waals surface area contributed by atoms with Crippen molar-refractivity contribution in [2.45, 2.75) is 0 Å². The lowest BCUT2D eigenvalue weighted by Gasteiger charge is -2.23. The average molecular weight is 393 g/mol. The van der Waals surface area contributed by atoms with E-state index in [1.54, 1.807) is 49.6 Å².